The average Bonchev–Trinajstić information content (AvgIpc) is 2.74. The molecule has 1 fully saturated rings. The lowest BCUT2D eigenvalue weighted by atomic mass is 9.88. The van der Waals surface area contributed by atoms with Gasteiger partial charge in [-0.05, 0) is 50.1 Å². The third kappa shape index (κ3) is 3.65. The summed E-state index contributed by atoms with van der Waals surface area (Å²) in [5.74, 6) is -0.410. The summed E-state index contributed by atoms with van der Waals surface area (Å²) in [4.78, 5) is 42.3. The summed E-state index contributed by atoms with van der Waals surface area (Å²) >= 11 is 0. The average molecular weight is 395 g/mol. The number of anilines is 2. The van der Waals surface area contributed by atoms with Gasteiger partial charge in [-0.25, -0.2) is 9.78 Å². The second-order valence-corrected chi connectivity index (χ2v) is 7.27. The maximum Gasteiger partial charge on any atom is 0.339 e. The van der Waals surface area contributed by atoms with Gasteiger partial charge in [0.1, 0.15) is 17.1 Å². The number of piperidine rings is 1. The van der Waals surface area contributed by atoms with Gasteiger partial charge >= 0.3 is 5.97 Å². The number of carbonyl (C=O) groups is 3. The molecule has 1 amide bonds. The number of ketones is 1. The molecule has 1 aromatic carbocycles. The van der Waals surface area contributed by atoms with Crippen LogP contribution in [0.3, 0.4) is 0 Å². The minimum atomic E-state index is -1.01. The van der Waals surface area contributed by atoms with E-state index in [0.29, 0.717) is 48.7 Å². The molecule has 8 heteroatoms. The SMILES string of the molecule is CC1Oc2ccc(C(=O)C3CCN(c4ncccc4C(=O)O)CC3)cc2NC1=O. The van der Waals surface area contributed by atoms with E-state index in [2.05, 4.69) is 10.3 Å². The normalized spacial score (nSPS) is 19.1. The van der Waals surface area contributed by atoms with Gasteiger partial charge in [0.2, 0.25) is 0 Å². The van der Waals surface area contributed by atoms with E-state index in [1.807, 2.05) is 4.90 Å². The number of Topliss-reactive ketones (excluding diaryl/α,β-unsaturated/α-hetero) is 1. The summed E-state index contributed by atoms with van der Waals surface area (Å²) in [5, 5.41) is 12.1. The lowest BCUT2D eigenvalue weighted by Crippen LogP contribution is -2.38. The third-order valence-electron chi connectivity index (χ3n) is 5.38. The van der Waals surface area contributed by atoms with Crippen LogP contribution in [0, 0.1) is 5.92 Å². The zero-order valence-corrected chi connectivity index (χ0v) is 15.9. The van der Waals surface area contributed by atoms with E-state index in [1.54, 1.807) is 37.4 Å². The predicted octanol–water partition coefficient (Wildman–Crippen LogP) is 2.60. The molecule has 2 aromatic rings. The van der Waals surface area contributed by atoms with Crippen LogP contribution in [0.2, 0.25) is 0 Å². The van der Waals surface area contributed by atoms with Crippen molar-refractivity contribution in [1.82, 2.24) is 4.98 Å². The van der Waals surface area contributed by atoms with E-state index < -0.39 is 12.1 Å². The number of carboxylic acid groups (broad SMARTS) is 1. The number of pyridine rings is 1. The standard InChI is InChI=1S/C21H21N3O5/c1-12-20(26)23-16-11-14(4-5-17(16)29-12)18(25)13-6-9-24(10-7-13)19-15(21(27)28)3-2-8-22-19/h2-5,8,11-13H,6-7,9-10H2,1H3,(H,23,26)(H,27,28). The quantitative estimate of drug-likeness (QED) is 0.766. The van der Waals surface area contributed by atoms with Crippen LogP contribution in [-0.4, -0.2) is 46.9 Å². The van der Waals surface area contributed by atoms with Crippen molar-refractivity contribution < 1.29 is 24.2 Å². The Bertz CT molecular complexity index is 982. The van der Waals surface area contributed by atoms with Gasteiger partial charge in [0.05, 0.1) is 5.69 Å². The van der Waals surface area contributed by atoms with Gasteiger partial charge in [0.25, 0.3) is 5.91 Å². The molecular weight excluding hydrogens is 374 g/mol. The molecule has 0 spiro atoms. The van der Waals surface area contributed by atoms with Crippen molar-refractivity contribution in [2.24, 2.45) is 5.92 Å². The number of benzene rings is 1. The Morgan fingerprint density at radius 3 is 2.72 bits per heavy atom. The summed E-state index contributed by atoms with van der Waals surface area (Å²) in [6, 6.07) is 8.23. The number of rotatable bonds is 4. The molecule has 4 rings (SSSR count). The molecule has 0 bridgehead atoms. The molecule has 2 aliphatic heterocycles. The molecule has 1 atom stereocenters. The molecule has 29 heavy (non-hydrogen) atoms. The van der Waals surface area contributed by atoms with Crippen LogP contribution in [0.15, 0.2) is 36.5 Å². The maximum absolute atomic E-state index is 13.0. The highest BCUT2D eigenvalue weighted by Gasteiger charge is 2.30. The van der Waals surface area contributed by atoms with Crippen molar-refractivity contribution in [1.29, 1.82) is 0 Å². The molecule has 150 valence electrons. The highest BCUT2D eigenvalue weighted by molar-refractivity contribution is 6.02. The number of hydrogen-bond donors (Lipinski definition) is 2. The van der Waals surface area contributed by atoms with Gasteiger partial charge in [-0.15, -0.1) is 0 Å². The van der Waals surface area contributed by atoms with Crippen LogP contribution in [-0.2, 0) is 4.79 Å². The van der Waals surface area contributed by atoms with Gasteiger partial charge in [0, 0.05) is 30.8 Å². The number of aromatic nitrogens is 1. The van der Waals surface area contributed by atoms with Gasteiger partial charge in [-0.1, -0.05) is 0 Å². The number of aromatic carboxylic acids is 1. The van der Waals surface area contributed by atoms with Gasteiger partial charge in [-0.2, -0.15) is 0 Å². The Labute approximate surface area is 167 Å². The van der Waals surface area contributed by atoms with Crippen molar-refractivity contribution in [3.63, 3.8) is 0 Å². The van der Waals surface area contributed by atoms with Crippen molar-refractivity contribution in [2.45, 2.75) is 25.9 Å². The van der Waals surface area contributed by atoms with Gasteiger partial charge in [0.15, 0.2) is 11.9 Å². The van der Waals surface area contributed by atoms with Crippen LogP contribution in [0.25, 0.3) is 0 Å². The van der Waals surface area contributed by atoms with Crippen LogP contribution in [0.5, 0.6) is 5.75 Å². The summed E-state index contributed by atoms with van der Waals surface area (Å²) in [7, 11) is 0. The van der Waals surface area contributed by atoms with E-state index in [9.17, 15) is 19.5 Å². The molecule has 2 N–H and O–H groups in total. The zero-order valence-electron chi connectivity index (χ0n) is 15.9. The number of nitrogens with zero attached hydrogens (tertiary/aromatic N) is 2. The Kier molecular flexibility index (Phi) is 4.92. The smallest absolute Gasteiger partial charge is 0.339 e. The van der Waals surface area contributed by atoms with Crippen molar-refractivity contribution in [3.8, 4) is 5.75 Å². The maximum atomic E-state index is 13.0. The first-order valence-electron chi connectivity index (χ1n) is 9.53. The lowest BCUT2D eigenvalue weighted by Gasteiger charge is -2.33. The summed E-state index contributed by atoms with van der Waals surface area (Å²) in [6.45, 7) is 2.77. The van der Waals surface area contributed by atoms with Crippen LogP contribution < -0.4 is 15.0 Å². The number of nitrogens with one attached hydrogen (secondary N) is 1. The minimum absolute atomic E-state index is 0.0137. The molecular formula is C21H21N3O5. The predicted molar refractivity (Wildman–Crippen MR) is 106 cm³/mol. The Morgan fingerprint density at radius 2 is 2.00 bits per heavy atom. The Balaban J connectivity index is 1.46. The van der Waals surface area contributed by atoms with Crippen molar-refractivity contribution in [2.75, 3.05) is 23.3 Å². The van der Waals surface area contributed by atoms with Crippen LogP contribution in [0.4, 0.5) is 11.5 Å². The summed E-state index contributed by atoms with van der Waals surface area (Å²) in [6.07, 6.45) is 2.22. The molecule has 1 saturated heterocycles. The van der Waals surface area contributed by atoms with Crippen LogP contribution >= 0.6 is 0 Å². The van der Waals surface area contributed by atoms with E-state index in [4.69, 9.17) is 4.74 Å². The number of fused-ring (bicyclic) bond motifs is 1. The first-order valence-corrected chi connectivity index (χ1v) is 9.53. The number of amides is 1. The number of carbonyl (C=O) groups excluding carboxylic acids is 2. The van der Waals surface area contributed by atoms with E-state index in [-0.39, 0.29) is 23.2 Å². The first-order chi connectivity index (χ1) is 13.9. The van der Waals surface area contributed by atoms with E-state index in [0.717, 1.165) is 0 Å². The fourth-order valence-corrected chi connectivity index (χ4v) is 3.77. The third-order valence-corrected chi connectivity index (χ3v) is 5.38. The molecule has 0 aliphatic carbocycles. The second kappa shape index (κ2) is 7.54. The molecule has 8 nitrogen and oxygen atoms in total. The molecule has 1 unspecified atom stereocenters. The topological polar surface area (TPSA) is 109 Å². The monoisotopic (exact) mass is 395 g/mol. The van der Waals surface area contributed by atoms with E-state index >= 15 is 0 Å². The highest BCUT2D eigenvalue weighted by atomic mass is 16.5. The first kappa shape index (κ1) is 18.9. The number of hydrogen-bond acceptors (Lipinski definition) is 6. The van der Waals surface area contributed by atoms with Crippen molar-refractivity contribution >= 4 is 29.2 Å². The lowest BCUT2D eigenvalue weighted by molar-refractivity contribution is -0.122. The zero-order chi connectivity index (χ0) is 20.5. The second-order valence-electron chi connectivity index (χ2n) is 7.27. The summed E-state index contributed by atoms with van der Waals surface area (Å²) < 4.78 is 5.53. The molecule has 1 aromatic heterocycles. The molecule has 0 saturated carbocycles. The minimum Gasteiger partial charge on any atom is -0.479 e. The van der Waals surface area contributed by atoms with Gasteiger partial charge in [-0.3, -0.25) is 9.59 Å². The van der Waals surface area contributed by atoms with Gasteiger partial charge < -0.3 is 20.1 Å². The van der Waals surface area contributed by atoms with E-state index in [1.165, 1.54) is 6.07 Å². The largest absolute Gasteiger partial charge is 0.479 e. The number of ether oxygens (including phenoxy) is 1. The number of carboxylic acids is 1. The van der Waals surface area contributed by atoms with Crippen LogP contribution in [0.1, 0.15) is 40.5 Å². The molecule has 3 heterocycles. The Hall–Kier alpha value is -3.42. The summed E-state index contributed by atoms with van der Waals surface area (Å²) in [5.41, 5.74) is 1.21. The highest BCUT2D eigenvalue weighted by Crippen LogP contribution is 2.33. The fraction of sp³-hybridized carbons (Fsp3) is 0.333. The fourth-order valence-electron chi connectivity index (χ4n) is 3.77. The Morgan fingerprint density at radius 1 is 1.24 bits per heavy atom. The molecule has 0 radical (unpaired) electrons. The van der Waals surface area contributed by atoms with Crippen molar-refractivity contribution in [3.05, 3.63) is 47.7 Å². The molecule has 2 aliphatic rings.